The van der Waals surface area contributed by atoms with Crippen LogP contribution in [0.4, 0.5) is 0 Å². The number of rotatable bonds is 1. The molecule has 1 aromatic carbocycles. The zero-order chi connectivity index (χ0) is 10.7. The summed E-state index contributed by atoms with van der Waals surface area (Å²) in [7, 11) is 0. The second-order valence-electron chi connectivity index (χ2n) is 4.50. The summed E-state index contributed by atoms with van der Waals surface area (Å²) in [5.41, 5.74) is 10.2. The lowest BCUT2D eigenvalue weighted by Crippen LogP contribution is -2.23. The van der Waals surface area contributed by atoms with Crippen LogP contribution in [0, 0.1) is 6.92 Å². The van der Waals surface area contributed by atoms with Crippen LogP contribution in [0.15, 0.2) is 29.8 Å². The molecule has 0 aromatic heterocycles. The van der Waals surface area contributed by atoms with Gasteiger partial charge in [-0.15, -0.1) is 0 Å². The van der Waals surface area contributed by atoms with E-state index in [1.54, 1.807) is 5.57 Å². The largest absolute Gasteiger partial charge is 0.328 e. The molecule has 1 saturated carbocycles. The van der Waals surface area contributed by atoms with E-state index in [-0.39, 0.29) is 0 Å². The normalized spacial score (nSPS) is 21.5. The molecule has 2 rings (SSSR count). The Balaban J connectivity index is 2.13. The number of aryl methyl sites for hydroxylation is 1. The van der Waals surface area contributed by atoms with Gasteiger partial charge in [-0.2, -0.15) is 0 Å². The maximum absolute atomic E-state index is 5.89. The van der Waals surface area contributed by atoms with Gasteiger partial charge in [-0.05, 0) is 43.7 Å². The average molecular weight is 201 g/mol. The SMILES string of the molecule is Cc1ccccc1C=C1CCC(N)CC1. The first-order valence-electron chi connectivity index (χ1n) is 5.76. The van der Waals surface area contributed by atoms with Crippen molar-refractivity contribution in [1.29, 1.82) is 0 Å². The predicted octanol–water partition coefficient (Wildman–Crippen LogP) is 3.28. The van der Waals surface area contributed by atoms with Gasteiger partial charge in [-0.1, -0.05) is 35.9 Å². The third-order valence-corrected chi connectivity index (χ3v) is 3.22. The maximum atomic E-state index is 5.89. The smallest absolute Gasteiger partial charge is 0.00449 e. The van der Waals surface area contributed by atoms with E-state index in [0.717, 1.165) is 12.8 Å². The van der Waals surface area contributed by atoms with Crippen LogP contribution in [0.25, 0.3) is 6.08 Å². The Labute approximate surface area is 92.0 Å². The van der Waals surface area contributed by atoms with E-state index in [2.05, 4.69) is 37.3 Å². The van der Waals surface area contributed by atoms with Crippen LogP contribution >= 0.6 is 0 Å². The number of hydrogen-bond donors (Lipinski definition) is 1. The minimum Gasteiger partial charge on any atom is -0.328 e. The van der Waals surface area contributed by atoms with Gasteiger partial charge in [0, 0.05) is 6.04 Å². The lowest BCUT2D eigenvalue weighted by Gasteiger charge is -2.20. The number of benzene rings is 1. The molecule has 0 amide bonds. The van der Waals surface area contributed by atoms with Crippen molar-refractivity contribution >= 4 is 6.08 Å². The summed E-state index contributed by atoms with van der Waals surface area (Å²) in [4.78, 5) is 0. The fraction of sp³-hybridized carbons (Fsp3) is 0.429. The molecule has 80 valence electrons. The Morgan fingerprint density at radius 1 is 1.20 bits per heavy atom. The number of allylic oxidation sites excluding steroid dienone is 1. The topological polar surface area (TPSA) is 26.0 Å². The summed E-state index contributed by atoms with van der Waals surface area (Å²) < 4.78 is 0. The van der Waals surface area contributed by atoms with Crippen molar-refractivity contribution in [1.82, 2.24) is 0 Å². The third-order valence-electron chi connectivity index (χ3n) is 3.22. The minimum absolute atomic E-state index is 0.430. The Morgan fingerprint density at radius 2 is 1.87 bits per heavy atom. The van der Waals surface area contributed by atoms with Gasteiger partial charge in [-0.3, -0.25) is 0 Å². The molecular weight excluding hydrogens is 182 g/mol. The first-order valence-corrected chi connectivity index (χ1v) is 5.76. The molecule has 1 fully saturated rings. The Morgan fingerprint density at radius 3 is 2.53 bits per heavy atom. The molecular formula is C14H19N. The molecule has 1 nitrogen and oxygen atoms in total. The Hall–Kier alpha value is -1.08. The lowest BCUT2D eigenvalue weighted by atomic mass is 9.90. The zero-order valence-electron chi connectivity index (χ0n) is 9.37. The summed E-state index contributed by atoms with van der Waals surface area (Å²) in [6.07, 6.45) is 7.00. The molecule has 0 bridgehead atoms. The predicted molar refractivity (Wildman–Crippen MR) is 65.6 cm³/mol. The standard InChI is InChI=1S/C14H19N/c1-11-4-2-3-5-13(11)10-12-6-8-14(15)9-7-12/h2-5,10,14H,6-9,15H2,1H3. The van der Waals surface area contributed by atoms with E-state index < -0.39 is 0 Å². The van der Waals surface area contributed by atoms with Gasteiger partial charge in [0.05, 0.1) is 0 Å². The highest BCUT2D eigenvalue weighted by atomic mass is 14.6. The molecule has 0 unspecified atom stereocenters. The highest BCUT2D eigenvalue weighted by Crippen LogP contribution is 2.25. The Bertz CT molecular complexity index is 355. The quantitative estimate of drug-likeness (QED) is 0.741. The van der Waals surface area contributed by atoms with Crippen LogP contribution in [0.1, 0.15) is 36.8 Å². The highest BCUT2D eigenvalue weighted by Gasteiger charge is 2.12. The lowest BCUT2D eigenvalue weighted by molar-refractivity contribution is 0.514. The van der Waals surface area contributed by atoms with E-state index in [0.29, 0.717) is 6.04 Å². The zero-order valence-corrected chi connectivity index (χ0v) is 9.37. The first kappa shape index (κ1) is 10.4. The van der Waals surface area contributed by atoms with E-state index >= 15 is 0 Å². The molecule has 1 aliphatic rings. The van der Waals surface area contributed by atoms with E-state index in [9.17, 15) is 0 Å². The summed E-state index contributed by atoms with van der Waals surface area (Å²) in [5, 5.41) is 0. The maximum Gasteiger partial charge on any atom is 0.00449 e. The molecule has 0 heterocycles. The van der Waals surface area contributed by atoms with Crippen molar-refractivity contribution < 1.29 is 0 Å². The summed E-state index contributed by atoms with van der Waals surface area (Å²) >= 11 is 0. The fourth-order valence-corrected chi connectivity index (χ4v) is 2.12. The molecule has 2 N–H and O–H groups in total. The minimum atomic E-state index is 0.430. The second-order valence-corrected chi connectivity index (χ2v) is 4.50. The fourth-order valence-electron chi connectivity index (χ4n) is 2.12. The van der Waals surface area contributed by atoms with Gasteiger partial charge in [-0.25, -0.2) is 0 Å². The molecule has 1 aromatic rings. The first-order chi connectivity index (χ1) is 7.25. The second kappa shape index (κ2) is 4.63. The van der Waals surface area contributed by atoms with Gasteiger partial charge in [0.25, 0.3) is 0 Å². The monoisotopic (exact) mass is 201 g/mol. The van der Waals surface area contributed by atoms with Crippen molar-refractivity contribution in [3.8, 4) is 0 Å². The third kappa shape index (κ3) is 2.69. The van der Waals surface area contributed by atoms with E-state index in [1.807, 2.05) is 0 Å². The van der Waals surface area contributed by atoms with Crippen molar-refractivity contribution in [2.75, 3.05) is 0 Å². The van der Waals surface area contributed by atoms with Crippen molar-refractivity contribution in [2.24, 2.45) is 5.73 Å². The van der Waals surface area contributed by atoms with Crippen LogP contribution in [0.2, 0.25) is 0 Å². The van der Waals surface area contributed by atoms with Gasteiger partial charge < -0.3 is 5.73 Å². The molecule has 0 aliphatic heterocycles. The van der Waals surface area contributed by atoms with Crippen LogP contribution in [0.5, 0.6) is 0 Å². The molecule has 0 saturated heterocycles. The van der Waals surface area contributed by atoms with Crippen LogP contribution in [-0.2, 0) is 0 Å². The number of nitrogens with two attached hydrogens (primary N) is 1. The molecule has 1 heteroatoms. The van der Waals surface area contributed by atoms with Crippen LogP contribution in [0.3, 0.4) is 0 Å². The molecule has 15 heavy (non-hydrogen) atoms. The Kier molecular flexibility index (Phi) is 3.22. The summed E-state index contributed by atoms with van der Waals surface area (Å²) in [5.74, 6) is 0. The van der Waals surface area contributed by atoms with Crippen LogP contribution in [-0.4, -0.2) is 6.04 Å². The molecule has 0 spiro atoms. The van der Waals surface area contributed by atoms with Crippen LogP contribution < -0.4 is 5.73 Å². The highest BCUT2D eigenvalue weighted by molar-refractivity contribution is 5.56. The van der Waals surface area contributed by atoms with Crippen molar-refractivity contribution in [2.45, 2.75) is 38.6 Å². The molecule has 1 aliphatic carbocycles. The summed E-state index contributed by atoms with van der Waals surface area (Å²) in [6, 6.07) is 8.99. The summed E-state index contributed by atoms with van der Waals surface area (Å²) in [6.45, 7) is 2.17. The van der Waals surface area contributed by atoms with E-state index in [1.165, 1.54) is 24.0 Å². The van der Waals surface area contributed by atoms with Gasteiger partial charge in [0.2, 0.25) is 0 Å². The van der Waals surface area contributed by atoms with E-state index in [4.69, 9.17) is 5.73 Å². The van der Waals surface area contributed by atoms with Gasteiger partial charge >= 0.3 is 0 Å². The number of hydrogen-bond acceptors (Lipinski definition) is 1. The average Bonchev–Trinajstić information content (AvgIpc) is 2.25. The van der Waals surface area contributed by atoms with Crippen molar-refractivity contribution in [3.63, 3.8) is 0 Å². The van der Waals surface area contributed by atoms with Gasteiger partial charge in [0.15, 0.2) is 0 Å². The molecule has 0 radical (unpaired) electrons. The van der Waals surface area contributed by atoms with Crippen molar-refractivity contribution in [3.05, 3.63) is 41.0 Å². The molecule has 0 atom stereocenters. The van der Waals surface area contributed by atoms with Gasteiger partial charge in [0.1, 0.15) is 0 Å².